The average Bonchev–Trinajstić information content (AvgIpc) is 2.80. The number of nitrogens with two attached hydrogens (primary N) is 1. The lowest BCUT2D eigenvalue weighted by atomic mass is 10.1. The fourth-order valence-electron chi connectivity index (χ4n) is 3.82. The normalized spacial score (nSPS) is 16.5. The van der Waals surface area contributed by atoms with Crippen molar-refractivity contribution in [3.05, 3.63) is 65.5 Å². The van der Waals surface area contributed by atoms with Crippen LogP contribution in [0.2, 0.25) is 0 Å². The number of piperazine rings is 1. The Morgan fingerprint density at radius 3 is 2.30 bits per heavy atom. The fourth-order valence-corrected chi connectivity index (χ4v) is 5.33. The van der Waals surface area contributed by atoms with Crippen molar-refractivity contribution < 1.29 is 8.42 Å². The molecule has 1 atom stereocenters. The number of aryl methyl sites for hydroxylation is 2. The molecule has 1 aliphatic heterocycles. The van der Waals surface area contributed by atoms with Crippen molar-refractivity contribution in [2.24, 2.45) is 0 Å². The second-order valence-electron chi connectivity index (χ2n) is 8.23. The van der Waals surface area contributed by atoms with Gasteiger partial charge in [0.15, 0.2) is 5.82 Å². The van der Waals surface area contributed by atoms with Crippen LogP contribution in [0.3, 0.4) is 0 Å². The van der Waals surface area contributed by atoms with Gasteiger partial charge in [-0.25, -0.2) is 8.42 Å². The third kappa shape index (κ3) is 5.13. The summed E-state index contributed by atoms with van der Waals surface area (Å²) >= 11 is 0. The van der Waals surface area contributed by atoms with Crippen LogP contribution in [0.25, 0.3) is 0 Å². The molecule has 1 aromatic heterocycles. The van der Waals surface area contributed by atoms with Crippen LogP contribution in [-0.2, 0) is 10.0 Å². The van der Waals surface area contributed by atoms with E-state index >= 15 is 0 Å². The Labute approximate surface area is 194 Å². The largest absolute Gasteiger partial charge is 0.368 e. The number of benzene rings is 2. The third-order valence-corrected chi connectivity index (χ3v) is 7.91. The Morgan fingerprint density at radius 1 is 0.939 bits per heavy atom. The molecular weight excluding hydrogens is 438 g/mol. The van der Waals surface area contributed by atoms with Crippen molar-refractivity contribution in [2.45, 2.75) is 31.7 Å². The van der Waals surface area contributed by atoms with Crippen molar-refractivity contribution >= 4 is 27.6 Å². The fraction of sp³-hybridized carbons (Fsp3) is 0.348. The summed E-state index contributed by atoms with van der Waals surface area (Å²) in [5.74, 6) is 1.07. The summed E-state index contributed by atoms with van der Waals surface area (Å²) < 4.78 is 27.8. The highest BCUT2D eigenvalue weighted by Crippen LogP contribution is 2.25. The first-order chi connectivity index (χ1) is 15.7. The molecule has 0 aliphatic carbocycles. The molecule has 1 aliphatic rings. The molecule has 10 heteroatoms. The Morgan fingerprint density at radius 2 is 1.64 bits per heavy atom. The van der Waals surface area contributed by atoms with Gasteiger partial charge in [0.05, 0.1) is 10.9 Å². The maximum absolute atomic E-state index is 13.1. The molecule has 3 aromatic rings. The summed E-state index contributed by atoms with van der Waals surface area (Å²) in [4.78, 5) is 15.6. The topological polar surface area (TPSA) is 117 Å². The number of hydrogen-bond donors (Lipinski definition) is 2. The molecule has 2 heterocycles. The van der Waals surface area contributed by atoms with Gasteiger partial charge in [-0.05, 0) is 56.2 Å². The minimum Gasteiger partial charge on any atom is -0.368 e. The second-order valence-corrected chi connectivity index (χ2v) is 10.2. The monoisotopic (exact) mass is 467 g/mol. The number of aromatic nitrogens is 3. The number of nitrogen functional groups attached to an aromatic ring is 1. The van der Waals surface area contributed by atoms with Gasteiger partial charge in [-0.2, -0.15) is 19.3 Å². The summed E-state index contributed by atoms with van der Waals surface area (Å²) in [6.45, 7) is 7.82. The summed E-state index contributed by atoms with van der Waals surface area (Å²) in [7, 11) is -3.53. The number of anilines is 3. The van der Waals surface area contributed by atoms with Crippen LogP contribution in [0, 0.1) is 13.8 Å². The van der Waals surface area contributed by atoms with Crippen molar-refractivity contribution in [1.29, 1.82) is 0 Å². The highest BCUT2D eigenvalue weighted by Gasteiger charge is 2.31. The Bertz CT molecular complexity index is 1230. The molecule has 33 heavy (non-hydrogen) atoms. The van der Waals surface area contributed by atoms with E-state index in [-0.39, 0.29) is 12.0 Å². The van der Waals surface area contributed by atoms with E-state index < -0.39 is 10.0 Å². The molecule has 2 aromatic carbocycles. The first-order valence-electron chi connectivity index (χ1n) is 10.9. The predicted molar refractivity (Wildman–Crippen MR) is 129 cm³/mol. The van der Waals surface area contributed by atoms with Gasteiger partial charge in [-0.15, -0.1) is 0 Å². The average molecular weight is 468 g/mol. The molecule has 0 amide bonds. The van der Waals surface area contributed by atoms with Gasteiger partial charge >= 0.3 is 0 Å². The smallest absolute Gasteiger partial charge is 0.243 e. The van der Waals surface area contributed by atoms with E-state index in [4.69, 9.17) is 5.73 Å². The predicted octanol–water partition coefficient (Wildman–Crippen LogP) is 2.88. The number of rotatable bonds is 6. The molecule has 1 saturated heterocycles. The van der Waals surface area contributed by atoms with Crippen LogP contribution in [0.4, 0.5) is 17.6 Å². The van der Waals surface area contributed by atoms with Crippen LogP contribution in [0.15, 0.2) is 53.4 Å². The molecule has 0 unspecified atom stereocenters. The first kappa shape index (κ1) is 23.1. The summed E-state index contributed by atoms with van der Waals surface area (Å²) in [5.41, 5.74) is 8.83. The Kier molecular flexibility index (Phi) is 6.59. The van der Waals surface area contributed by atoms with Crippen LogP contribution in [0.1, 0.15) is 29.9 Å². The first-order valence-corrected chi connectivity index (χ1v) is 12.3. The lowest BCUT2D eigenvalue weighted by molar-refractivity contribution is 0.141. The van der Waals surface area contributed by atoms with Gasteiger partial charge in [0.2, 0.25) is 21.9 Å². The Balaban J connectivity index is 1.45. The van der Waals surface area contributed by atoms with Gasteiger partial charge in [-0.1, -0.05) is 24.3 Å². The van der Waals surface area contributed by atoms with E-state index in [2.05, 4.69) is 25.2 Å². The summed E-state index contributed by atoms with van der Waals surface area (Å²) in [5, 5.41) is 3.15. The molecular formula is C23H29N7O2S. The van der Waals surface area contributed by atoms with Gasteiger partial charge < -0.3 is 11.1 Å². The summed E-state index contributed by atoms with van der Waals surface area (Å²) in [6, 6.07) is 14.7. The zero-order chi connectivity index (χ0) is 23.6. The Hall–Kier alpha value is -3.08. The van der Waals surface area contributed by atoms with Crippen molar-refractivity contribution in [1.82, 2.24) is 24.2 Å². The standard InChI is InChI=1S/C23H29N7O2S/c1-16-9-10-20(15-17(16)2)33(31,32)30-13-11-29(12-14-30)18(3)21-26-22(24)28-23(27-21)25-19-7-5-4-6-8-19/h4-10,15,18H,11-14H2,1-3H3,(H3,24,25,26,27,28)/t18-/m1/s1. The van der Waals surface area contributed by atoms with Crippen LogP contribution in [-0.4, -0.2) is 58.8 Å². The molecule has 3 N–H and O–H groups in total. The van der Waals surface area contributed by atoms with E-state index in [1.807, 2.05) is 57.2 Å². The van der Waals surface area contributed by atoms with E-state index in [0.717, 1.165) is 16.8 Å². The summed E-state index contributed by atoms with van der Waals surface area (Å²) in [6.07, 6.45) is 0. The third-order valence-electron chi connectivity index (χ3n) is 6.01. The highest BCUT2D eigenvalue weighted by atomic mass is 32.2. The molecule has 0 bridgehead atoms. The quantitative estimate of drug-likeness (QED) is 0.568. The van der Waals surface area contributed by atoms with Crippen molar-refractivity contribution in [3.8, 4) is 0 Å². The van der Waals surface area contributed by atoms with Crippen LogP contribution < -0.4 is 11.1 Å². The molecule has 9 nitrogen and oxygen atoms in total. The van der Waals surface area contributed by atoms with Gasteiger partial charge in [0.25, 0.3) is 0 Å². The number of nitrogens with one attached hydrogen (secondary N) is 1. The van der Waals surface area contributed by atoms with Crippen molar-refractivity contribution in [3.63, 3.8) is 0 Å². The minimum absolute atomic E-state index is 0.140. The minimum atomic E-state index is -3.53. The lowest BCUT2D eigenvalue weighted by Crippen LogP contribution is -2.49. The SMILES string of the molecule is Cc1ccc(S(=O)(=O)N2CCN([C@H](C)c3nc(N)nc(Nc4ccccc4)n3)CC2)cc1C. The zero-order valence-corrected chi connectivity index (χ0v) is 19.9. The number of nitrogens with zero attached hydrogens (tertiary/aromatic N) is 5. The van der Waals surface area contributed by atoms with Crippen LogP contribution >= 0.6 is 0 Å². The molecule has 1 fully saturated rings. The van der Waals surface area contributed by atoms with Crippen LogP contribution in [0.5, 0.6) is 0 Å². The van der Waals surface area contributed by atoms with E-state index in [1.165, 1.54) is 0 Å². The maximum Gasteiger partial charge on any atom is 0.243 e. The van der Waals surface area contributed by atoms with Gasteiger partial charge in [0.1, 0.15) is 0 Å². The zero-order valence-electron chi connectivity index (χ0n) is 19.1. The van der Waals surface area contributed by atoms with E-state index in [1.54, 1.807) is 16.4 Å². The molecule has 174 valence electrons. The lowest BCUT2D eigenvalue weighted by Gasteiger charge is -2.36. The number of hydrogen-bond acceptors (Lipinski definition) is 8. The van der Waals surface area contributed by atoms with E-state index in [9.17, 15) is 8.42 Å². The van der Waals surface area contributed by atoms with Gasteiger partial charge in [0, 0.05) is 31.9 Å². The molecule has 0 saturated carbocycles. The molecule has 0 spiro atoms. The highest BCUT2D eigenvalue weighted by molar-refractivity contribution is 7.89. The maximum atomic E-state index is 13.1. The second kappa shape index (κ2) is 9.42. The number of sulfonamides is 1. The molecule has 0 radical (unpaired) electrons. The van der Waals surface area contributed by atoms with E-state index in [0.29, 0.717) is 42.8 Å². The number of para-hydroxylation sites is 1. The van der Waals surface area contributed by atoms with Crippen molar-refractivity contribution in [2.75, 3.05) is 37.2 Å². The van der Waals surface area contributed by atoms with Gasteiger partial charge in [-0.3, -0.25) is 4.90 Å². The molecule has 4 rings (SSSR count).